The second-order valence-corrected chi connectivity index (χ2v) is 6.42. The molecular weight excluding hydrogens is 288 g/mol. The Bertz CT molecular complexity index is 737. The van der Waals surface area contributed by atoms with Crippen molar-refractivity contribution < 1.29 is 9.59 Å². The van der Waals surface area contributed by atoms with Gasteiger partial charge in [-0.15, -0.1) is 0 Å². The van der Waals surface area contributed by atoms with Crippen LogP contribution in [-0.4, -0.2) is 11.8 Å². The number of piperidine rings is 2. The fourth-order valence-electron chi connectivity index (χ4n) is 3.72. The molecule has 0 radical (unpaired) electrons. The van der Waals surface area contributed by atoms with E-state index >= 15 is 0 Å². The van der Waals surface area contributed by atoms with Crippen molar-refractivity contribution in [1.82, 2.24) is 10.6 Å². The van der Waals surface area contributed by atoms with Gasteiger partial charge in [0.25, 0.3) is 0 Å². The van der Waals surface area contributed by atoms with Crippen LogP contribution < -0.4 is 10.6 Å². The van der Waals surface area contributed by atoms with Crippen LogP contribution in [0.5, 0.6) is 0 Å². The number of carbonyl (C=O) groups excluding carboxylic acids is 2. The van der Waals surface area contributed by atoms with Gasteiger partial charge in [-0.1, -0.05) is 60.7 Å². The summed E-state index contributed by atoms with van der Waals surface area (Å²) in [5.41, 5.74) is 0.188. The minimum absolute atomic E-state index is 0.166. The maximum absolute atomic E-state index is 12.8. The molecule has 2 amide bonds. The first-order valence-corrected chi connectivity index (χ1v) is 7.89. The van der Waals surface area contributed by atoms with Gasteiger partial charge in [-0.3, -0.25) is 9.59 Å². The van der Waals surface area contributed by atoms with Crippen LogP contribution >= 0.6 is 0 Å². The molecule has 3 saturated heterocycles. The van der Waals surface area contributed by atoms with E-state index in [1.807, 2.05) is 60.7 Å². The third-order valence-corrected chi connectivity index (χ3v) is 5.07. The van der Waals surface area contributed by atoms with Gasteiger partial charge in [0.05, 0.1) is 0 Å². The van der Waals surface area contributed by atoms with Crippen molar-refractivity contribution in [1.29, 1.82) is 0 Å². The summed E-state index contributed by atoms with van der Waals surface area (Å²) in [5, 5.41) is 6.13. The lowest BCUT2D eigenvalue weighted by atomic mass is 9.66. The number of benzene rings is 2. The van der Waals surface area contributed by atoms with Crippen LogP contribution in [0.25, 0.3) is 0 Å². The summed E-state index contributed by atoms with van der Waals surface area (Å²) in [6, 6.07) is 19.4. The first kappa shape index (κ1) is 14.0. The van der Waals surface area contributed by atoms with Gasteiger partial charge in [-0.05, 0) is 30.4 Å². The lowest BCUT2D eigenvalue weighted by Gasteiger charge is -2.52. The Morgan fingerprint density at radius 1 is 0.783 bits per heavy atom. The van der Waals surface area contributed by atoms with Crippen LogP contribution in [0.4, 0.5) is 0 Å². The van der Waals surface area contributed by atoms with Crippen LogP contribution in [0.3, 0.4) is 0 Å². The Morgan fingerprint density at radius 3 is 1.91 bits per heavy atom. The molecule has 0 aliphatic carbocycles. The van der Waals surface area contributed by atoms with Crippen molar-refractivity contribution in [3.8, 4) is 0 Å². The van der Waals surface area contributed by atoms with Crippen molar-refractivity contribution in [2.75, 3.05) is 0 Å². The SMILES string of the molecule is O=C1NC2(c3ccccc3)CCC1(Cc1ccccc1)C(=O)N2. The highest BCUT2D eigenvalue weighted by Gasteiger charge is 2.60. The Morgan fingerprint density at radius 2 is 1.35 bits per heavy atom. The van der Waals surface area contributed by atoms with Gasteiger partial charge < -0.3 is 10.6 Å². The molecule has 3 aliphatic heterocycles. The minimum atomic E-state index is -0.988. The van der Waals surface area contributed by atoms with Crippen LogP contribution in [-0.2, 0) is 21.7 Å². The summed E-state index contributed by atoms with van der Waals surface area (Å²) in [6.45, 7) is 0. The van der Waals surface area contributed by atoms with E-state index in [0.29, 0.717) is 19.3 Å². The van der Waals surface area contributed by atoms with Gasteiger partial charge in [0, 0.05) is 0 Å². The van der Waals surface area contributed by atoms with Gasteiger partial charge in [0.1, 0.15) is 11.1 Å². The molecule has 0 unspecified atom stereocenters. The molecule has 0 spiro atoms. The molecule has 0 aromatic heterocycles. The molecule has 2 N–H and O–H groups in total. The molecular formula is C19H18N2O2. The normalized spacial score (nSPS) is 29.0. The zero-order valence-corrected chi connectivity index (χ0v) is 12.7. The van der Waals surface area contributed by atoms with E-state index in [9.17, 15) is 9.59 Å². The highest BCUT2D eigenvalue weighted by Crippen LogP contribution is 2.44. The van der Waals surface area contributed by atoms with E-state index in [2.05, 4.69) is 10.6 Å². The van der Waals surface area contributed by atoms with E-state index in [0.717, 1.165) is 11.1 Å². The fourth-order valence-corrected chi connectivity index (χ4v) is 3.72. The summed E-state index contributed by atoms with van der Waals surface area (Å²) >= 11 is 0. The molecule has 2 aromatic carbocycles. The van der Waals surface area contributed by atoms with E-state index in [1.165, 1.54) is 0 Å². The first-order valence-electron chi connectivity index (χ1n) is 7.89. The minimum Gasteiger partial charge on any atom is -0.329 e. The number of nitrogens with one attached hydrogen (secondary N) is 2. The van der Waals surface area contributed by atoms with Crippen LogP contribution in [0, 0.1) is 5.41 Å². The molecule has 0 atom stereocenters. The summed E-state index contributed by atoms with van der Waals surface area (Å²) < 4.78 is 0. The molecule has 3 aliphatic rings. The van der Waals surface area contributed by atoms with Crippen molar-refractivity contribution in [3.63, 3.8) is 0 Å². The summed E-state index contributed by atoms with van der Waals surface area (Å²) in [7, 11) is 0. The monoisotopic (exact) mass is 306 g/mol. The Labute approximate surface area is 134 Å². The van der Waals surface area contributed by atoms with Crippen molar-refractivity contribution in [3.05, 3.63) is 71.8 Å². The Kier molecular flexibility index (Phi) is 3.01. The number of carbonyl (C=O) groups is 2. The number of fused-ring (bicyclic) bond motifs is 3. The van der Waals surface area contributed by atoms with Crippen LogP contribution in [0.1, 0.15) is 24.0 Å². The van der Waals surface area contributed by atoms with Gasteiger partial charge in [-0.2, -0.15) is 0 Å². The standard InChI is InChI=1S/C19H18N2O2/c22-16-18(13-14-7-3-1-4-8-14)11-12-19(20-16,21-17(18)23)15-9-5-2-6-10-15/h1-10H,11-13H2,(H,20,22)(H,21,23). The van der Waals surface area contributed by atoms with E-state index in [1.54, 1.807) is 0 Å². The lowest BCUT2D eigenvalue weighted by Crippen LogP contribution is -2.75. The third kappa shape index (κ3) is 2.05. The summed E-state index contributed by atoms with van der Waals surface area (Å²) in [6.07, 6.45) is 1.71. The molecule has 2 aromatic rings. The maximum atomic E-state index is 12.8. The van der Waals surface area contributed by atoms with E-state index < -0.39 is 11.1 Å². The molecule has 5 rings (SSSR count). The molecule has 116 valence electrons. The van der Waals surface area contributed by atoms with E-state index in [-0.39, 0.29) is 11.8 Å². The number of amides is 2. The predicted molar refractivity (Wildman–Crippen MR) is 86.2 cm³/mol. The number of rotatable bonds is 3. The average molecular weight is 306 g/mol. The molecule has 3 heterocycles. The smallest absolute Gasteiger partial charge is 0.238 e. The summed E-state index contributed by atoms with van der Waals surface area (Å²) in [4.78, 5) is 25.6. The zero-order valence-electron chi connectivity index (χ0n) is 12.7. The third-order valence-electron chi connectivity index (χ3n) is 5.07. The average Bonchev–Trinajstić information content (AvgIpc) is 2.58. The molecule has 2 bridgehead atoms. The molecule has 4 heteroatoms. The van der Waals surface area contributed by atoms with Crippen LogP contribution in [0.15, 0.2) is 60.7 Å². The van der Waals surface area contributed by atoms with Gasteiger partial charge in [0.2, 0.25) is 11.8 Å². The highest BCUT2D eigenvalue weighted by atomic mass is 16.2. The number of hydrogen-bond donors (Lipinski definition) is 2. The largest absolute Gasteiger partial charge is 0.329 e. The quantitative estimate of drug-likeness (QED) is 0.853. The van der Waals surface area contributed by atoms with Gasteiger partial charge in [-0.25, -0.2) is 0 Å². The fraction of sp³-hybridized carbons (Fsp3) is 0.263. The molecule has 23 heavy (non-hydrogen) atoms. The Balaban J connectivity index is 1.68. The van der Waals surface area contributed by atoms with Crippen molar-refractivity contribution in [2.24, 2.45) is 5.41 Å². The Hall–Kier alpha value is -2.62. The summed E-state index contributed by atoms with van der Waals surface area (Å²) in [5.74, 6) is -0.333. The predicted octanol–water partition coefficient (Wildman–Crippen LogP) is 2.11. The second kappa shape index (κ2) is 4.95. The lowest BCUT2D eigenvalue weighted by molar-refractivity contribution is -0.160. The van der Waals surface area contributed by atoms with Crippen molar-refractivity contribution in [2.45, 2.75) is 24.9 Å². The molecule has 3 fully saturated rings. The topological polar surface area (TPSA) is 58.2 Å². The van der Waals surface area contributed by atoms with Crippen LogP contribution in [0.2, 0.25) is 0 Å². The van der Waals surface area contributed by atoms with Gasteiger partial charge >= 0.3 is 0 Å². The molecule has 0 saturated carbocycles. The van der Waals surface area contributed by atoms with Crippen molar-refractivity contribution >= 4 is 11.8 Å². The van der Waals surface area contributed by atoms with E-state index in [4.69, 9.17) is 0 Å². The second-order valence-electron chi connectivity index (χ2n) is 6.42. The molecule has 4 nitrogen and oxygen atoms in total. The zero-order chi connectivity index (χ0) is 15.9. The maximum Gasteiger partial charge on any atom is 0.238 e. The highest BCUT2D eigenvalue weighted by molar-refractivity contribution is 6.09. The number of hydrogen-bond acceptors (Lipinski definition) is 2. The first-order chi connectivity index (χ1) is 11.1. The van der Waals surface area contributed by atoms with Gasteiger partial charge in [0.15, 0.2) is 0 Å².